The third-order valence-corrected chi connectivity index (χ3v) is 10.5. The maximum Gasteiger partial charge on any atom is 0.410 e. The van der Waals surface area contributed by atoms with Crippen molar-refractivity contribution in [3.63, 3.8) is 0 Å². The van der Waals surface area contributed by atoms with Crippen LogP contribution in [-0.4, -0.2) is 76.6 Å². The minimum atomic E-state index is -1.25. The first-order valence-corrected chi connectivity index (χ1v) is 17.9. The molecule has 7 rings (SSSR count). The van der Waals surface area contributed by atoms with E-state index in [0.717, 1.165) is 5.56 Å². The zero-order chi connectivity index (χ0) is 36.1. The summed E-state index contributed by atoms with van der Waals surface area (Å²) >= 11 is 6.79. The van der Waals surface area contributed by atoms with Crippen LogP contribution in [0.2, 0.25) is 5.02 Å². The van der Waals surface area contributed by atoms with Gasteiger partial charge in [0.25, 0.3) is 11.8 Å². The van der Waals surface area contributed by atoms with Gasteiger partial charge in [-0.05, 0) is 64.9 Å². The Balaban J connectivity index is 1.38. The molecule has 4 aliphatic rings. The Morgan fingerprint density at radius 2 is 1.88 bits per heavy atom. The minimum Gasteiger partial charge on any atom is -0.480 e. The Kier molecular flexibility index (Phi) is 9.62. The normalized spacial score (nSPS) is 25.8. The van der Waals surface area contributed by atoms with Gasteiger partial charge in [0.05, 0.1) is 35.4 Å². The maximum absolute atomic E-state index is 17.0. The van der Waals surface area contributed by atoms with Gasteiger partial charge in [0.1, 0.15) is 23.3 Å². The molecule has 10 nitrogen and oxygen atoms in total. The lowest BCUT2D eigenvalue weighted by molar-refractivity contribution is -0.0216. The molecule has 1 aromatic heterocycles. The monoisotopic (exact) mass is 725 g/mol. The average Bonchev–Trinajstić information content (AvgIpc) is 3.91. The first-order chi connectivity index (χ1) is 24.4. The van der Waals surface area contributed by atoms with Crippen LogP contribution in [0.15, 0.2) is 42.6 Å². The molecule has 3 aliphatic heterocycles. The summed E-state index contributed by atoms with van der Waals surface area (Å²) in [5.41, 5.74) is -1.47. The number of pyridine rings is 1. The second-order valence-corrected chi connectivity index (χ2v) is 15.1. The second kappa shape index (κ2) is 13.9. The van der Waals surface area contributed by atoms with Crippen molar-refractivity contribution in [1.82, 2.24) is 15.2 Å². The number of aliphatic hydroxyl groups excluding tert-OH is 1. The molecule has 2 N–H and O–H groups in total. The highest BCUT2D eigenvalue weighted by atomic mass is 35.5. The predicted molar refractivity (Wildman–Crippen MR) is 184 cm³/mol. The quantitative estimate of drug-likeness (QED) is 0.276. The molecular weight excluding hydrogens is 684 g/mol. The summed E-state index contributed by atoms with van der Waals surface area (Å²) in [6.07, 6.45) is 2.67. The van der Waals surface area contributed by atoms with E-state index in [1.54, 1.807) is 25.7 Å². The molecule has 0 spiro atoms. The highest BCUT2D eigenvalue weighted by Crippen LogP contribution is 2.53. The Bertz CT molecular complexity index is 1820. The van der Waals surface area contributed by atoms with Crippen LogP contribution in [0.3, 0.4) is 0 Å². The molecule has 2 amide bonds. The molecule has 3 fully saturated rings. The predicted octanol–water partition coefficient (Wildman–Crippen LogP) is 6.72. The van der Waals surface area contributed by atoms with E-state index in [2.05, 4.69) is 10.3 Å². The number of aliphatic hydroxyl groups is 1. The standard InChI is InChI=1S/C38H42ClF2N3O7/c1-37(2,3)51-36(47)44-15-8-13-29(44)38(21-9-5-4-6-10-21)18-23-28(50-38)17-25(40)32(39)30(23)31-24(34(46)43-22-14-16-48-20-22)19-42-35(33(31)41)49-27-12-7-11-26(27)45/h4-6,9-10,17,19,22,26-27,29,45H,7-8,11-16,18,20H2,1-3H3,(H,43,46)/t22-,26-,27+,29+,38+/m1/s1. The van der Waals surface area contributed by atoms with Gasteiger partial charge < -0.3 is 34.3 Å². The third-order valence-electron chi connectivity index (χ3n) is 10.1. The van der Waals surface area contributed by atoms with Gasteiger partial charge in [-0.1, -0.05) is 41.9 Å². The lowest BCUT2D eigenvalue weighted by atomic mass is 9.79. The molecule has 1 saturated carbocycles. The highest BCUT2D eigenvalue weighted by molar-refractivity contribution is 6.34. The van der Waals surface area contributed by atoms with E-state index in [4.69, 9.17) is 30.5 Å². The van der Waals surface area contributed by atoms with Crippen LogP contribution in [-0.2, 0) is 21.5 Å². The molecule has 4 heterocycles. The van der Waals surface area contributed by atoms with Crippen molar-refractivity contribution in [3.05, 3.63) is 75.9 Å². The van der Waals surface area contributed by atoms with E-state index >= 15 is 8.78 Å². The van der Waals surface area contributed by atoms with Crippen LogP contribution in [0.25, 0.3) is 11.1 Å². The van der Waals surface area contributed by atoms with E-state index < -0.39 is 64.0 Å². The second-order valence-electron chi connectivity index (χ2n) is 14.7. The van der Waals surface area contributed by atoms with Gasteiger partial charge in [-0.25, -0.2) is 18.6 Å². The zero-order valence-corrected chi connectivity index (χ0v) is 29.6. The fraction of sp³-hybridized carbons (Fsp3) is 0.500. The van der Waals surface area contributed by atoms with E-state index in [-0.39, 0.29) is 41.5 Å². The van der Waals surface area contributed by atoms with Gasteiger partial charge in [0.2, 0.25) is 0 Å². The van der Waals surface area contributed by atoms with Crippen LogP contribution in [0, 0.1) is 11.6 Å². The Hall–Kier alpha value is -4.00. The van der Waals surface area contributed by atoms with Crippen LogP contribution >= 0.6 is 11.6 Å². The number of rotatable bonds is 7. The van der Waals surface area contributed by atoms with Crippen molar-refractivity contribution in [1.29, 1.82) is 0 Å². The zero-order valence-electron chi connectivity index (χ0n) is 28.8. The molecule has 272 valence electrons. The fourth-order valence-electron chi connectivity index (χ4n) is 7.78. The number of halogens is 3. The number of likely N-dealkylation sites (tertiary alicyclic amines) is 1. The molecule has 1 aliphatic carbocycles. The number of nitrogens with one attached hydrogen (secondary N) is 1. The fourth-order valence-corrected chi connectivity index (χ4v) is 8.04. The van der Waals surface area contributed by atoms with Crippen molar-refractivity contribution >= 4 is 23.6 Å². The number of nitrogens with zero attached hydrogens (tertiary/aromatic N) is 2. The molecule has 2 saturated heterocycles. The summed E-state index contributed by atoms with van der Waals surface area (Å²) in [6, 6.07) is 9.62. The largest absolute Gasteiger partial charge is 0.480 e. The number of carbonyl (C=O) groups excluding carboxylic acids is 2. The summed E-state index contributed by atoms with van der Waals surface area (Å²) in [7, 11) is 0. The summed E-state index contributed by atoms with van der Waals surface area (Å²) in [6.45, 7) is 6.55. The molecule has 51 heavy (non-hydrogen) atoms. The molecule has 3 aromatic rings. The Labute approximate surface area is 300 Å². The van der Waals surface area contributed by atoms with Gasteiger partial charge in [0.15, 0.2) is 11.4 Å². The van der Waals surface area contributed by atoms with Crippen molar-refractivity contribution in [3.8, 4) is 22.8 Å². The molecule has 0 unspecified atom stereocenters. The Morgan fingerprint density at radius 3 is 2.57 bits per heavy atom. The number of benzene rings is 2. The third kappa shape index (κ3) is 6.73. The van der Waals surface area contributed by atoms with Crippen molar-refractivity contribution < 1.29 is 42.4 Å². The van der Waals surface area contributed by atoms with Crippen molar-refractivity contribution in [2.24, 2.45) is 0 Å². The topological polar surface area (TPSA) is 119 Å². The van der Waals surface area contributed by atoms with E-state index in [1.807, 2.05) is 30.3 Å². The number of ether oxygens (including phenoxy) is 4. The summed E-state index contributed by atoms with van der Waals surface area (Å²) in [5, 5.41) is 12.9. The van der Waals surface area contributed by atoms with E-state index in [9.17, 15) is 14.7 Å². The maximum atomic E-state index is 17.0. The van der Waals surface area contributed by atoms with Gasteiger partial charge in [-0.2, -0.15) is 0 Å². The number of hydrogen-bond donors (Lipinski definition) is 2. The van der Waals surface area contributed by atoms with E-state index in [0.29, 0.717) is 57.2 Å². The van der Waals surface area contributed by atoms with Gasteiger partial charge >= 0.3 is 6.09 Å². The highest BCUT2D eigenvalue weighted by Gasteiger charge is 2.54. The first-order valence-electron chi connectivity index (χ1n) is 17.5. The average molecular weight is 726 g/mol. The summed E-state index contributed by atoms with van der Waals surface area (Å²) in [4.78, 5) is 33.3. The summed E-state index contributed by atoms with van der Waals surface area (Å²) < 4.78 is 57.0. The number of amides is 2. The molecule has 0 radical (unpaired) electrons. The van der Waals surface area contributed by atoms with Gasteiger partial charge in [0, 0.05) is 48.5 Å². The molecule has 5 atom stereocenters. The van der Waals surface area contributed by atoms with Crippen LogP contribution < -0.4 is 14.8 Å². The number of hydrogen-bond acceptors (Lipinski definition) is 8. The SMILES string of the molecule is CC(C)(C)OC(=O)N1CCC[C@H]1[C@@]1(c2ccccc2)Cc2c(cc(F)c(Cl)c2-c2c(C(=O)N[C@@H]3CCOC3)cnc(O[C@H]3CCC[C@H]3O)c2F)O1. The molecule has 2 aromatic carbocycles. The van der Waals surface area contributed by atoms with Crippen LogP contribution in [0.1, 0.15) is 80.8 Å². The number of fused-ring (bicyclic) bond motifs is 1. The van der Waals surface area contributed by atoms with E-state index in [1.165, 1.54) is 12.3 Å². The number of aromatic nitrogens is 1. The Morgan fingerprint density at radius 1 is 1.10 bits per heavy atom. The molecule has 13 heteroatoms. The molecular formula is C38H42ClF2N3O7. The van der Waals surface area contributed by atoms with Gasteiger partial charge in [-0.15, -0.1) is 0 Å². The van der Waals surface area contributed by atoms with Crippen LogP contribution in [0.4, 0.5) is 13.6 Å². The smallest absolute Gasteiger partial charge is 0.410 e. The number of carbonyl (C=O) groups is 2. The van der Waals surface area contributed by atoms with Crippen molar-refractivity contribution in [2.45, 2.75) is 101 Å². The van der Waals surface area contributed by atoms with Crippen molar-refractivity contribution in [2.75, 3.05) is 19.8 Å². The van der Waals surface area contributed by atoms with Crippen LogP contribution in [0.5, 0.6) is 11.6 Å². The lowest BCUT2D eigenvalue weighted by Gasteiger charge is -2.40. The molecule has 0 bridgehead atoms. The van der Waals surface area contributed by atoms with Gasteiger partial charge in [-0.3, -0.25) is 4.79 Å². The first kappa shape index (κ1) is 35.4. The lowest BCUT2D eigenvalue weighted by Crippen LogP contribution is -2.53. The minimum absolute atomic E-state index is 0.0580. The summed E-state index contributed by atoms with van der Waals surface area (Å²) in [5.74, 6) is -2.88.